The first-order valence-corrected chi connectivity index (χ1v) is 8.10. The van der Waals surface area contributed by atoms with E-state index in [0.717, 1.165) is 6.08 Å². The predicted octanol–water partition coefficient (Wildman–Crippen LogP) is 3.53. The molecule has 0 aliphatic carbocycles. The summed E-state index contributed by atoms with van der Waals surface area (Å²) in [6.45, 7) is 7.83. The molecule has 148 valence electrons. The van der Waals surface area contributed by atoms with Gasteiger partial charge in [0.15, 0.2) is 23.3 Å². The van der Waals surface area contributed by atoms with Gasteiger partial charge >= 0.3 is 7.12 Å². The van der Waals surface area contributed by atoms with Crippen molar-refractivity contribution in [2.45, 2.75) is 45.8 Å². The Kier molecular flexibility index (Phi) is 5.73. The van der Waals surface area contributed by atoms with Crippen molar-refractivity contribution in [1.29, 1.82) is 0 Å². The molecule has 0 aromatic heterocycles. The van der Waals surface area contributed by atoms with E-state index in [1.807, 2.05) is 0 Å². The monoisotopic (exact) mass is 391 g/mol. The molecule has 1 aromatic rings. The number of carbonyl (C=O) groups is 1. The third-order valence-corrected chi connectivity index (χ3v) is 4.67. The van der Waals surface area contributed by atoms with E-state index in [-0.39, 0.29) is 12.0 Å². The van der Waals surface area contributed by atoms with Crippen molar-refractivity contribution in [1.82, 2.24) is 5.32 Å². The summed E-state index contributed by atoms with van der Waals surface area (Å²) >= 11 is 0. The second kappa shape index (κ2) is 7.24. The van der Waals surface area contributed by atoms with Gasteiger partial charge in [-0.15, -0.1) is 0 Å². The molecule has 0 radical (unpaired) electrons. The van der Waals surface area contributed by atoms with Gasteiger partial charge in [0.25, 0.3) is 0 Å². The Balaban J connectivity index is 2.55. The molecule has 0 atom stereocenters. The van der Waals surface area contributed by atoms with Gasteiger partial charge in [0.1, 0.15) is 0 Å². The molecule has 1 N–H and O–H groups in total. The molecule has 0 saturated carbocycles. The minimum absolute atomic E-state index is 0.00735. The summed E-state index contributed by atoms with van der Waals surface area (Å²) in [5, 5.41) is 2.40. The van der Waals surface area contributed by atoms with Gasteiger partial charge in [0.2, 0.25) is 11.7 Å². The highest BCUT2D eigenvalue weighted by Crippen LogP contribution is 2.39. The van der Waals surface area contributed by atoms with Crippen LogP contribution in [0.25, 0.3) is 6.08 Å². The van der Waals surface area contributed by atoms with E-state index in [9.17, 15) is 26.7 Å². The van der Waals surface area contributed by atoms with E-state index in [1.54, 1.807) is 27.7 Å². The van der Waals surface area contributed by atoms with Crippen LogP contribution in [0, 0.1) is 29.1 Å². The summed E-state index contributed by atoms with van der Waals surface area (Å²) in [5.41, 5.74) is -2.78. The van der Waals surface area contributed by atoms with Gasteiger partial charge in [-0.3, -0.25) is 4.79 Å². The van der Waals surface area contributed by atoms with Crippen molar-refractivity contribution in [2.75, 3.05) is 6.54 Å². The van der Waals surface area contributed by atoms with Crippen molar-refractivity contribution < 1.29 is 36.1 Å². The Morgan fingerprint density at radius 2 is 1.33 bits per heavy atom. The highest BCUT2D eigenvalue weighted by Gasteiger charge is 2.52. The van der Waals surface area contributed by atoms with E-state index in [1.165, 1.54) is 6.92 Å². The van der Waals surface area contributed by atoms with Crippen LogP contribution in [0.2, 0.25) is 0 Å². The predicted molar refractivity (Wildman–Crippen MR) is 89.0 cm³/mol. The van der Waals surface area contributed by atoms with Gasteiger partial charge in [-0.05, 0) is 33.2 Å². The van der Waals surface area contributed by atoms with E-state index in [0.29, 0.717) is 0 Å². The lowest BCUT2D eigenvalue weighted by molar-refractivity contribution is -0.118. The first-order chi connectivity index (χ1) is 12.3. The van der Waals surface area contributed by atoms with Crippen LogP contribution in [0.15, 0.2) is 5.47 Å². The first-order valence-electron chi connectivity index (χ1n) is 8.10. The van der Waals surface area contributed by atoms with E-state index >= 15 is 0 Å². The number of hydrogen-bond acceptors (Lipinski definition) is 3. The fourth-order valence-corrected chi connectivity index (χ4v) is 2.36. The number of halogens is 5. The second-order valence-electron chi connectivity index (χ2n) is 7.20. The summed E-state index contributed by atoms with van der Waals surface area (Å²) < 4.78 is 79.7. The molecular formula is C17H19BF5NO3. The zero-order valence-electron chi connectivity index (χ0n) is 15.5. The Morgan fingerprint density at radius 3 is 1.74 bits per heavy atom. The molecule has 1 aromatic carbocycles. The molecule has 1 aliphatic heterocycles. The zero-order chi connectivity index (χ0) is 20.7. The van der Waals surface area contributed by atoms with Crippen molar-refractivity contribution in [3.8, 4) is 0 Å². The van der Waals surface area contributed by atoms with Gasteiger partial charge in [-0.25, -0.2) is 22.0 Å². The molecule has 1 fully saturated rings. The largest absolute Gasteiger partial charge is 0.492 e. The van der Waals surface area contributed by atoms with Crippen molar-refractivity contribution >= 4 is 19.1 Å². The summed E-state index contributed by atoms with van der Waals surface area (Å²) in [7, 11) is -1.16. The number of benzene rings is 1. The number of carbonyl (C=O) groups excluding carboxylic acids is 1. The van der Waals surface area contributed by atoms with Crippen molar-refractivity contribution in [3.05, 3.63) is 40.1 Å². The van der Waals surface area contributed by atoms with Crippen LogP contribution in [-0.4, -0.2) is 30.8 Å². The molecule has 0 spiro atoms. The molecular weight excluding hydrogens is 372 g/mol. The number of rotatable bonds is 4. The van der Waals surface area contributed by atoms with Gasteiger partial charge in [0.05, 0.1) is 16.8 Å². The first kappa shape index (κ1) is 21.4. The van der Waals surface area contributed by atoms with Crippen molar-refractivity contribution in [3.63, 3.8) is 0 Å². The molecule has 4 nitrogen and oxygen atoms in total. The van der Waals surface area contributed by atoms with Gasteiger partial charge < -0.3 is 14.6 Å². The Morgan fingerprint density at radius 1 is 0.926 bits per heavy atom. The molecule has 1 amide bonds. The maximum atomic E-state index is 14.0. The lowest BCUT2D eigenvalue weighted by Crippen LogP contribution is -2.41. The smallest absolute Gasteiger partial charge is 0.400 e. The minimum atomic E-state index is -2.25. The zero-order valence-corrected chi connectivity index (χ0v) is 15.5. The maximum Gasteiger partial charge on any atom is 0.492 e. The summed E-state index contributed by atoms with van der Waals surface area (Å²) in [4.78, 5) is 11.2. The van der Waals surface area contributed by atoms with Gasteiger partial charge in [0, 0.05) is 13.5 Å². The van der Waals surface area contributed by atoms with E-state index in [2.05, 4.69) is 5.32 Å². The average Bonchev–Trinajstić information content (AvgIpc) is 2.78. The molecule has 1 aliphatic rings. The lowest BCUT2D eigenvalue weighted by atomic mass is 9.76. The highest BCUT2D eigenvalue weighted by atomic mass is 19.2. The molecule has 10 heteroatoms. The number of amides is 1. The Hall–Kier alpha value is -1.94. The van der Waals surface area contributed by atoms with Crippen LogP contribution in [0.5, 0.6) is 0 Å². The minimum Gasteiger partial charge on any atom is -0.400 e. The molecule has 2 rings (SSSR count). The fourth-order valence-electron chi connectivity index (χ4n) is 2.36. The van der Waals surface area contributed by atoms with Gasteiger partial charge in [-0.2, -0.15) is 0 Å². The van der Waals surface area contributed by atoms with Gasteiger partial charge in [-0.1, -0.05) is 6.08 Å². The van der Waals surface area contributed by atoms with Crippen LogP contribution in [-0.2, 0) is 14.1 Å². The van der Waals surface area contributed by atoms with E-state index in [4.69, 9.17) is 9.31 Å². The van der Waals surface area contributed by atoms with Crippen LogP contribution < -0.4 is 5.32 Å². The second-order valence-corrected chi connectivity index (χ2v) is 7.20. The number of hydrogen-bond donors (Lipinski definition) is 1. The maximum absolute atomic E-state index is 14.0. The lowest BCUT2D eigenvalue weighted by Gasteiger charge is -2.32. The molecule has 1 saturated heterocycles. The molecule has 0 unspecified atom stereocenters. The standard InChI is InChI=1S/C17H19BF5NO3/c1-8(25)24-7-9(18-26-16(2,3)17(4,5)27-18)6-10-11(19)13(21)15(23)14(22)12(10)20/h6H,7H2,1-5H3,(H,24,25). The Bertz CT molecular complexity index is 765. The topological polar surface area (TPSA) is 47.6 Å². The van der Waals surface area contributed by atoms with Crippen LogP contribution >= 0.6 is 0 Å². The fraction of sp³-hybridized carbons (Fsp3) is 0.471. The van der Waals surface area contributed by atoms with Crippen LogP contribution in [0.4, 0.5) is 22.0 Å². The molecule has 1 heterocycles. The third kappa shape index (κ3) is 4.01. The summed E-state index contributed by atoms with van der Waals surface area (Å²) in [6, 6.07) is 0. The third-order valence-electron chi connectivity index (χ3n) is 4.67. The average molecular weight is 391 g/mol. The quantitative estimate of drug-likeness (QED) is 0.370. The van der Waals surface area contributed by atoms with Crippen molar-refractivity contribution in [2.24, 2.45) is 0 Å². The molecule has 27 heavy (non-hydrogen) atoms. The highest BCUT2D eigenvalue weighted by molar-refractivity contribution is 6.56. The van der Waals surface area contributed by atoms with Crippen LogP contribution in [0.3, 0.4) is 0 Å². The number of nitrogens with one attached hydrogen (secondary N) is 1. The Labute approximate surface area is 153 Å². The van der Waals surface area contributed by atoms with E-state index < -0.39 is 58.9 Å². The molecule has 0 bridgehead atoms. The SMILES string of the molecule is CC(=O)NCC(=Cc1c(F)c(F)c(F)c(F)c1F)B1OC(C)(C)C(C)(C)O1. The summed E-state index contributed by atoms with van der Waals surface area (Å²) in [5.74, 6) is -10.8. The normalized spacial score (nSPS) is 18.7. The van der Waals surface area contributed by atoms with Crippen LogP contribution in [0.1, 0.15) is 40.2 Å². The summed E-state index contributed by atoms with van der Waals surface area (Å²) in [6.07, 6.45) is 0.744.